The molecule has 0 aliphatic heterocycles. The Morgan fingerprint density at radius 1 is 1.11 bits per heavy atom. The monoisotopic (exact) mass is 396 g/mol. The molecule has 27 heavy (non-hydrogen) atoms. The molecule has 0 saturated heterocycles. The van der Waals surface area contributed by atoms with Crippen molar-refractivity contribution in [3.05, 3.63) is 45.6 Å². The van der Waals surface area contributed by atoms with Crippen molar-refractivity contribution in [1.29, 1.82) is 0 Å². The van der Waals surface area contributed by atoms with Gasteiger partial charge in [0.1, 0.15) is 11.4 Å². The number of alkyl halides is 4. The van der Waals surface area contributed by atoms with Crippen molar-refractivity contribution in [3.8, 4) is 17.3 Å². The molecule has 0 fully saturated rings. The molecule has 0 atom stereocenters. The molecule has 0 saturated carbocycles. The molecule has 144 valence electrons. The van der Waals surface area contributed by atoms with Crippen LogP contribution in [0.2, 0.25) is 0 Å². The molecular weight excluding hydrogens is 389 g/mol. The normalized spacial score (nSPS) is 11.7. The van der Waals surface area contributed by atoms with E-state index in [4.69, 9.17) is 0 Å². The van der Waals surface area contributed by atoms with Crippen molar-refractivity contribution in [2.45, 2.75) is 12.9 Å². The fourth-order valence-corrected chi connectivity index (χ4v) is 2.26. The summed E-state index contributed by atoms with van der Waals surface area (Å²) in [6.45, 7) is -1.17. The van der Waals surface area contributed by atoms with E-state index in [9.17, 15) is 35.5 Å². The van der Waals surface area contributed by atoms with Gasteiger partial charge in [0.25, 0.3) is 18.4 Å². The fraction of sp³-hybridized carbons (Fsp3) is 0.214. The largest absolute Gasteiger partial charge is 0.458 e. The van der Waals surface area contributed by atoms with Crippen LogP contribution in [0, 0.1) is 17.5 Å². The summed E-state index contributed by atoms with van der Waals surface area (Å²) in [6, 6.07) is 0.0300. The van der Waals surface area contributed by atoms with Crippen LogP contribution in [0.15, 0.2) is 16.9 Å². The van der Waals surface area contributed by atoms with Crippen molar-refractivity contribution < 1.29 is 35.5 Å². The van der Waals surface area contributed by atoms with Gasteiger partial charge in [-0.3, -0.25) is 9.78 Å². The molecule has 0 unspecified atom stereocenters. The molecule has 1 N–H and O–H groups in total. The molecule has 6 nitrogen and oxygen atoms in total. The number of fused-ring (bicyclic) bond motifs is 1. The Balaban J connectivity index is 2.29. The van der Waals surface area contributed by atoms with E-state index in [0.29, 0.717) is 16.6 Å². The third-order valence-corrected chi connectivity index (χ3v) is 3.31. The third kappa shape index (κ3) is 3.44. The number of ether oxygens (including phenoxy) is 1. The number of hydrogen-bond donors (Lipinski definition) is 1. The van der Waals surface area contributed by atoms with Crippen LogP contribution >= 0.6 is 0 Å². The summed E-state index contributed by atoms with van der Waals surface area (Å²) in [6.07, 6.45) is -6.23. The van der Waals surface area contributed by atoms with Gasteiger partial charge in [-0.05, 0) is 12.1 Å². The molecule has 3 aromatic rings. The zero-order valence-corrected chi connectivity index (χ0v) is 12.8. The first-order valence-corrected chi connectivity index (χ1v) is 7.06. The Morgan fingerprint density at radius 3 is 2.30 bits per heavy atom. The number of rotatable bonds is 5. The Labute approximate surface area is 144 Å². The first-order valence-electron chi connectivity index (χ1n) is 7.06. The Bertz CT molecular complexity index is 1040. The summed E-state index contributed by atoms with van der Waals surface area (Å²) in [5, 5.41) is 3.54. The van der Waals surface area contributed by atoms with Crippen molar-refractivity contribution in [3.63, 3.8) is 0 Å². The highest BCUT2D eigenvalue weighted by molar-refractivity contribution is 5.67. The van der Waals surface area contributed by atoms with Gasteiger partial charge in [-0.1, -0.05) is 0 Å². The second-order valence-corrected chi connectivity index (χ2v) is 5.10. The summed E-state index contributed by atoms with van der Waals surface area (Å²) in [7, 11) is 0. The molecule has 0 aliphatic rings. The van der Waals surface area contributed by atoms with Gasteiger partial charge in [0, 0.05) is 5.56 Å². The predicted octanol–water partition coefficient (Wildman–Crippen LogP) is 3.08. The smallest absolute Gasteiger partial charge is 0.314 e. The van der Waals surface area contributed by atoms with E-state index in [1.165, 1.54) is 0 Å². The molecule has 0 spiro atoms. The maximum Gasteiger partial charge on any atom is 0.314 e. The van der Waals surface area contributed by atoms with Gasteiger partial charge >= 0.3 is 6.01 Å². The second-order valence-electron chi connectivity index (χ2n) is 5.10. The zero-order valence-electron chi connectivity index (χ0n) is 12.8. The van der Waals surface area contributed by atoms with Gasteiger partial charge in [-0.15, -0.1) is 5.10 Å². The number of hydrogen-bond acceptors (Lipinski definition) is 4. The fourth-order valence-electron chi connectivity index (χ4n) is 2.26. The van der Waals surface area contributed by atoms with E-state index in [1.54, 1.807) is 0 Å². The number of aromatic nitrogens is 4. The first-order chi connectivity index (χ1) is 12.7. The molecule has 13 heteroatoms. The third-order valence-electron chi connectivity index (χ3n) is 3.31. The Hall–Kier alpha value is -3.12. The van der Waals surface area contributed by atoms with Gasteiger partial charge < -0.3 is 4.74 Å². The van der Waals surface area contributed by atoms with E-state index in [0.717, 1.165) is 0 Å². The standard InChI is InChI=1S/C14H7F7N4O2/c15-5-1-4(2-6(16)8(5)19)10-9(11(20)21)22-12-13(26)23-14(24-25(10)12)27-3-7(17)18/h1-2,7,11H,3H2,(H,23,24,26). The number of imidazole rings is 1. The molecule has 1 aromatic carbocycles. The van der Waals surface area contributed by atoms with Crippen LogP contribution in [0.1, 0.15) is 12.1 Å². The summed E-state index contributed by atoms with van der Waals surface area (Å²) in [4.78, 5) is 17.2. The summed E-state index contributed by atoms with van der Waals surface area (Å²) in [5.74, 6) is -5.20. The molecule has 2 aromatic heterocycles. The lowest BCUT2D eigenvalue weighted by molar-refractivity contribution is 0.0761. The van der Waals surface area contributed by atoms with E-state index in [-0.39, 0.29) is 0 Å². The molecule has 2 heterocycles. The maximum atomic E-state index is 13.5. The van der Waals surface area contributed by atoms with Gasteiger partial charge in [-0.25, -0.2) is 40.2 Å². The number of nitrogens with zero attached hydrogens (tertiary/aromatic N) is 3. The summed E-state index contributed by atoms with van der Waals surface area (Å²) in [5.41, 5.74) is -4.26. The highest BCUT2D eigenvalue weighted by atomic mass is 19.3. The molecule has 0 aliphatic carbocycles. The van der Waals surface area contributed by atoms with Crippen LogP contribution in [-0.4, -0.2) is 32.6 Å². The van der Waals surface area contributed by atoms with E-state index >= 15 is 0 Å². The number of halogens is 7. The van der Waals surface area contributed by atoms with E-state index in [1.807, 2.05) is 4.98 Å². The number of nitrogens with one attached hydrogen (secondary N) is 1. The Morgan fingerprint density at radius 2 is 1.74 bits per heavy atom. The van der Waals surface area contributed by atoms with Gasteiger partial charge in [0.15, 0.2) is 24.1 Å². The SMILES string of the molecule is O=c1[nH]c(OCC(F)F)nn2c(-c3cc(F)c(F)c(F)c3)c(C(F)F)nc12. The molecule has 0 radical (unpaired) electrons. The topological polar surface area (TPSA) is 72.3 Å². The van der Waals surface area contributed by atoms with Crippen molar-refractivity contribution in [2.24, 2.45) is 0 Å². The average molecular weight is 396 g/mol. The number of benzene rings is 1. The van der Waals surface area contributed by atoms with E-state index < -0.39 is 71.1 Å². The lowest BCUT2D eigenvalue weighted by atomic mass is 10.1. The minimum absolute atomic E-state index is 0.399. The van der Waals surface area contributed by atoms with Crippen LogP contribution in [0.25, 0.3) is 16.9 Å². The van der Waals surface area contributed by atoms with Gasteiger partial charge in [-0.2, -0.15) is 0 Å². The van der Waals surface area contributed by atoms with Crippen molar-refractivity contribution >= 4 is 5.65 Å². The van der Waals surface area contributed by atoms with E-state index in [2.05, 4.69) is 14.8 Å². The lowest BCUT2D eigenvalue weighted by Gasteiger charge is -2.07. The quantitative estimate of drug-likeness (QED) is 0.532. The van der Waals surface area contributed by atoms with Gasteiger partial charge in [0.2, 0.25) is 5.65 Å². The second kappa shape index (κ2) is 6.89. The summed E-state index contributed by atoms with van der Waals surface area (Å²) < 4.78 is 96.2. The molecule has 0 amide bonds. The van der Waals surface area contributed by atoms with Crippen LogP contribution in [-0.2, 0) is 0 Å². The minimum atomic E-state index is -3.30. The zero-order chi connectivity index (χ0) is 19.9. The lowest BCUT2D eigenvalue weighted by Crippen LogP contribution is -2.18. The van der Waals surface area contributed by atoms with Gasteiger partial charge in [0.05, 0.1) is 0 Å². The summed E-state index contributed by atoms with van der Waals surface area (Å²) >= 11 is 0. The predicted molar refractivity (Wildman–Crippen MR) is 75.4 cm³/mol. The van der Waals surface area contributed by atoms with Crippen LogP contribution in [0.3, 0.4) is 0 Å². The maximum absolute atomic E-state index is 13.5. The highest BCUT2D eigenvalue weighted by Crippen LogP contribution is 2.32. The van der Waals surface area contributed by atoms with Crippen molar-refractivity contribution in [1.82, 2.24) is 19.6 Å². The first kappa shape index (κ1) is 18.7. The molecular formula is C14H7F7N4O2. The molecule has 3 rings (SSSR count). The van der Waals surface area contributed by atoms with Crippen LogP contribution in [0.5, 0.6) is 6.01 Å². The average Bonchev–Trinajstić information content (AvgIpc) is 2.97. The molecule has 0 bridgehead atoms. The van der Waals surface area contributed by atoms with Crippen LogP contribution in [0.4, 0.5) is 30.7 Å². The number of aromatic amines is 1. The number of H-pyrrole nitrogens is 1. The van der Waals surface area contributed by atoms with Crippen LogP contribution < -0.4 is 10.3 Å². The minimum Gasteiger partial charge on any atom is -0.458 e. The van der Waals surface area contributed by atoms with Crippen molar-refractivity contribution in [2.75, 3.05) is 6.61 Å². The highest BCUT2D eigenvalue weighted by Gasteiger charge is 2.26. The Kier molecular flexibility index (Phi) is 4.76.